The first kappa shape index (κ1) is 14.2. The number of rotatable bonds is 7. The van der Waals surface area contributed by atoms with Crippen LogP contribution in [0.3, 0.4) is 0 Å². The third kappa shape index (κ3) is 2.87. The van der Waals surface area contributed by atoms with E-state index < -0.39 is 0 Å². The van der Waals surface area contributed by atoms with Crippen molar-refractivity contribution in [3.63, 3.8) is 0 Å². The zero-order chi connectivity index (χ0) is 12.9. The molecule has 1 rings (SSSR count). The Bertz CT molecular complexity index is 323. The molecule has 0 spiro atoms. The van der Waals surface area contributed by atoms with E-state index in [1.165, 1.54) is 0 Å². The molecule has 4 heteroatoms. The minimum atomic E-state index is -0.110. The quantitative estimate of drug-likeness (QED) is 0.788. The smallest absolute Gasteiger partial charge is 0.110 e. The van der Waals surface area contributed by atoms with Gasteiger partial charge in [0.15, 0.2) is 0 Å². The normalized spacial score (nSPS) is 13.9. The molecule has 0 aliphatic heterocycles. The van der Waals surface area contributed by atoms with Crippen molar-refractivity contribution < 1.29 is 4.74 Å². The van der Waals surface area contributed by atoms with Gasteiger partial charge in [0.2, 0.25) is 0 Å². The van der Waals surface area contributed by atoms with Crippen molar-refractivity contribution in [2.24, 2.45) is 7.05 Å². The molecule has 0 bridgehead atoms. The summed E-state index contributed by atoms with van der Waals surface area (Å²) in [6, 6.07) is 0.281. The molecule has 4 nitrogen and oxygen atoms in total. The van der Waals surface area contributed by atoms with Crippen LogP contribution >= 0.6 is 0 Å². The van der Waals surface area contributed by atoms with Gasteiger partial charge in [0.1, 0.15) is 5.82 Å². The fraction of sp³-hybridized carbons (Fsp3) is 0.769. The van der Waals surface area contributed by atoms with Crippen LogP contribution < -0.4 is 5.32 Å². The lowest BCUT2D eigenvalue weighted by Gasteiger charge is -2.38. The Hall–Kier alpha value is -0.870. The van der Waals surface area contributed by atoms with Crippen LogP contribution in [0.25, 0.3) is 0 Å². The standard InChI is InChI=1S/C13H25N3O/c1-6-13(7-2,17-5)11(14-3)10-12-15-8-9-16(12)4/h8-9,11,14H,6-7,10H2,1-5H3. The summed E-state index contributed by atoms with van der Waals surface area (Å²) in [5.74, 6) is 1.09. The van der Waals surface area contributed by atoms with Gasteiger partial charge in [0.05, 0.1) is 5.60 Å². The van der Waals surface area contributed by atoms with Crippen molar-refractivity contribution >= 4 is 0 Å². The number of likely N-dealkylation sites (N-methyl/N-ethyl adjacent to an activating group) is 1. The number of imidazole rings is 1. The molecule has 0 amide bonds. The van der Waals surface area contributed by atoms with Crippen molar-refractivity contribution in [3.05, 3.63) is 18.2 Å². The SMILES string of the molecule is CCC(CC)(OC)C(Cc1nccn1C)NC. The number of methoxy groups -OCH3 is 1. The van der Waals surface area contributed by atoms with Crippen LogP contribution in [-0.2, 0) is 18.2 Å². The number of aromatic nitrogens is 2. The molecular weight excluding hydrogens is 214 g/mol. The van der Waals surface area contributed by atoms with Crippen LogP contribution in [0.1, 0.15) is 32.5 Å². The predicted octanol–water partition coefficient (Wildman–Crippen LogP) is 1.76. The maximum absolute atomic E-state index is 5.78. The molecule has 0 saturated carbocycles. The lowest BCUT2D eigenvalue weighted by Crippen LogP contribution is -2.51. The van der Waals surface area contributed by atoms with Crippen LogP contribution in [0.15, 0.2) is 12.4 Å². The molecule has 0 fully saturated rings. The molecule has 0 aromatic carbocycles. The van der Waals surface area contributed by atoms with E-state index in [-0.39, 0.29) is 11.6 Å². The summed E-state index contributed by atoms with van der Waals surface area (Å²) < 4.78 is 7.84. The summed E-state index contributed by atoms with van der Waals surface area (Å²) in [6.45, 7) is 4.35. The monoisotopic (exact) mass is 239 g/mol. The molecule has 1 aromatic rings. The Labute approximate surface area is 104 Å². The molecular formula is C13H25N3O. The third-order valence-corrected chi connectivity index (χ3v) is 3.89. The predicted molar refractivity (Wildman–Crippen MR) is 70.1 cm³/mol. The Morgan fingerprint density at radius 3 is 2.47 bits per heavy atom. The van der Waals surface area contributed by atoms with E-state index in [0.717, 1.165) is 25.1 Å². The maximum atomic E-state index is 5.78. The molecule has 0 saturated heterocycles. The van der Waals surface area contributed by atoms with Crippen molar-refractivity contribution in [2.45, 2.75) is 44.8 Å². The highest BCUT2D eigenvalue weighted by molar-refractivity contribution is 5.01. The lowest BCUT2D eigenvalue weighted by atomic mass is 9.86. The Morgan fingerprint density at radius 2 is 2.12 bits per heavy atom. The van der Waals surface area contributed by atoms with E-state index in [0.29, 0.717) is 0 Å². The van der Waals surface area contributed by atoms with Crippen LogP contribution in [0.4, 0.5) is 0 Å². The topological polar surface area (TPSA) is 39.1 Å². The van der Waals surface area contributed by atoms with E-state index in [1.807, 2.05) is 26.5 Å². The van der Waals surface area contributed by atoms with Crippen molar-refractivity contribution in [1.82, 2.24) is 14.9 Å². The zero-order valence-corrected chi connectivity index (χ0v) is 11.7. The Balaban J connectivity index is 2.87. The van der Waals surface area contributed by atoms with Gasteiger partial charge in [-0.15, -0.1) is 0 Å². The lowest BCUT2D eigenvalue weighted by molar-refractivity contribution is -0.0460. The number of nitrogens with one attached hydrogen (secondary N) is 1. The Morgan fingerprint density at radius 1 is 1.47 bits per heavy atom. The highest BCUT2D eigenvalue weighted by Crippen LogP contribution is 2.26. The van der Waals surface area contributed by atoms with Gasteiger partial charge >= 0.3 is 0 Å². The number of ether oxygens (including phenoxy) is 1. The Kier molecular flexibility index (Phi) is 5.15. The molecule has 1 N–H and O–H groups in total. The average Bonchev–Trinajstić information content (AvgIpc) is 2.76. The summed E-state index contributed by atoms with van der Waals surface area (Å²) >= 11 is 0. The minimum absolute atomic E-state index is 0.110. The van der Waals surface area contributed by atoms with Gasteiger partial charge in [-0.1, -0.05) is 13.8 Å². The van der Waals surface area contributed by atoms with E-state index in [4.69, 9.17) is 4.74 Å². The van der Waals surface area contributed by atoms with E-state index in [1.54, 1.807) is 7.11 Å². The highest BCUT2D eigenvalue weighted by atomic mass is 16.5. The molecule has 0 aliphatic carbocycles. The second-order valence-electron chi connectivity index (χ2n) is 4.48. The third-order valence-electron chi connectivity index (χ3n) is 3.89. The molecule has 98 valence electrons. The van der Waals surface area contributed by atoms with Crippen molar-refractivity contribution in [2.75, 3.05) is 14.2 Å². The molecule has 1 heterocycles. The molecule has 17 heavy (non-hydrogen) atoms. The highest BCUT2D eigenvalue weighted by Gasteiger charge is 2.35. The molecule has 1 unspecified atom stereocenters. The zero-order valence-electron chi connectivity index (χ0n) is 11.7. The first-order chi connectivity index (χ1) is 8.13. The van der Waals surface area contributed by atoms with Gasteiger partial charge in [-0.2, -0.15) is 0 Å². The summed E-state index contributed by atoms with van der Waals surface area (Å²) in [5.41, 5.74) is -0.110. The number of aryl methyl sites for hydroxylation is 1. The summed E-state index contributed by atoms with van der Waals surface area (Å²) in [4.78, 5) is 4.39. The summed E-state index contributed by atoms with van der Waals surface area (Å²) in [5, 5.41) is 3.38. The first-order valence-corrected chi connectivity index (χ1v) is 6.32. The summed E-state index contributed by atoms with van der Waals surface area (Å²) in [7, 11) is 5.82. The second-order valence-corrected chi connectivity index (χ2v) is 4.48. The van der Waals surface area contributed by atoms with Crippen LogP contribution in [0.5, 0.6) is 0 Å². The minimum Gasteiger partial charge on any atom is -0.377 e. The van der Waals surface area contributed by atoms with Crippen molar-refractivity contribution in [3.8, 4) is 0 Å². The largest absolute Gasteiger partial charge is 0.377 e. The van der Waals surface area contributed by atoms with Crippen LogP contribution in [-0.4, -0.2) is 35.4 Å². The molecule has 0 aliphatic rings. The fourth-order valence-electron chi connectivity index (χ4n) is 2.50. The van der Waals surface area contributed by atoms with Gasteiger partial charge in [0, 0.05) is 39.0 Å². The summed E-state index contributed by atoms with van der Waals surface area (Å²) in [6.07, 6.45) is 6.70. The fourth-order valence-corrected chi connectivity index (χ4v) is 2.50. The second kappa shape index (κ2) is 6.17. The average molecular weight is 239 g/mol. The van der Waals surface area contributed by atoms with Gasteiger partial charge in [-0.3, -0.25) is 0 Å². The van der Waals surface area contributed by atoms with Crippen LogP contribution in [0, 0.1) is 0 Å². The van der Waals surface area contributed by atoms with E-state index in [2.05, 4.69) is 28.7 Å². The van der Waals surface area contributed by atoms with Crippen LogP contribution in [0.2, 0.25) is 0 Å². The first-order valence-electron chi connectivity index (χ1n) is 6.32. The van der Waals surface area contributed by atoms with E-state index >= 15 is 0 Å². The van der Waals surface area contributed by atoms with Gasteiger partial charge in [-0.25, -0.2) is 4.98 Å². The van der Waals surface area contributed by atoms with E-state index in [9.17, 15) is 0 Å². The molecule has 0 radical (unpaired) electrons. The molecule has 1 atom stereocenters. The number of hydrogen-bond acceptors (Lipinski definition) is 3. The van der Waals surface area contributed by atoms with Crippen molar-refractivity contribution in [1.29, 1.82) is 0 Å². The van der Waals surface area contributed by atoms with Gasteiger partial charge in [0.25, 0.3) is 0 Å². The van der Waals surface area contributed by atoms with Gasteiger partial charge in [-0.05, 0) is 19.9 Å². The van der Waals surface area contributed by atoms with Gasteiger partial charge < -0.3 is 14.6 Å². The maximum Gasteiger partial charge on any atom is 0.110 e. The molecule has 1 aromatic heterocycles. The number of nitrogens with zero attached hydrogens (tertiary/aromatic N) is 2. The number of hydrogen-bond donors (Lipinski definition) is 1.